The molecule has 0 aromatic heterocycles. The zero-order valence-corrected chi connectivity index (χ0v) is 26.3. The first kappa shape index (κ1) is 34.2. The van der Waals surface area contributed by atoms with E-state index in [1.54, 1.807) is 31.2 Å². The molecule has 0 saturated carbocycles. The van der Waals surface area contributed by atoms with Crippen LogP contribution in [0.3, 0.4) is 0 Å². The summed E-state index contributed by atoms with van der Waals surface area (Å²) in [6.45, 7) is 6.33. The number of halogens is 5. The second kappa shape index (κ2) is 14.0. The summed E-state index contributed by atoms with van der Waals surface area (Å²) < 4.78 is 69.6. The maximum absolute atomic E-state index is 13.9. The normalized spacial score (nSPS) is 12.6. The van der Waals surface area contributed by atoms with Crippen molar-refractivity contribution in [2.75, 3.05) is 17.4 Å². The van der Waals surface area contributed by atoms with E-state index in [4.69, 9.17) is 23.2 Å². The molecule has 3 aromatic carbocycles. The number of aryl methyl sites for hydroxylation is 1. The van der Waals surface area contributed by atoms with Crippen LogP contribution >= 0.6 is 23.2 Å². The van der Waals surface area contributed by atoms with Crippen molar-refractivity contribution < 1.29 is 31.2 Å². The zero-order chi connectivity index (χ0) is 32.1. The van der Waals surface area contributed by atoms with Gasteiger partial charge in [0.15, 0.2) is 0 Å². The molecule has 2 amide bonds. The third-order valence-corrected chi connectivity index (χ3v) is 8.88. The topological polar surface area (TPSA) is 86.8 Å². The highest BCUT2D eigenvalue weighted by Crippen LogP contribution is 2.38. The first-order chi connectivity index (χ1) is 20.0. The molecule has 0 radical (unpaired) electrons. The van der Waals surface area contributed by atoms with Crippen molar-refractivity contribution in [3.8, 4) is 0 Å². The Morgan fingerprint density at radius 1 is 0.953 bits per heavy atom. The van der Waals surface area contributed by atoms with Crippen molar-refractivity contribution in [3.63, 3.8) is 0 Å². The molecule has 0 saturated heterocycles. The van der Waals surface area contributed by atoms with Gasteiger partial charge in [-0.15, -0.1) is 0 Å². The van der Waals surface area contributed by atoms with E-state index in [0.29, 0.717) is 27.5 Å². The molecule has 0 aliphatic carbocycles. The summed E-state index contributed by atoms with van der Waals surface area (Å²) in [5, 5.41) is 2.51. The van der Waals surface area contributed by atoms with Crippen LogP contribution in [0, 0.1) is 12.8 Å². The maximum atomic E-state index is 13.9. The van der Waals surface area contributed by atoms with Crippen LogP contribution in [-0.4, -0.2) is 44.3 Å². The van der Waals surface area contributed by atoms with Gasteiger partial charge in [-0.25, -0.2) is 8.42 Å². The van der Waals surface area contributed by atoms with E-state index in [-0.39, 0.29) is 17.4 Å². The number of hydrogen-bond donors (Lipinski definition) is 1. The molecule has 7 nitrogen and oxygen atoms in total. The third kappa shape index (κ3) is 8.87. The second-order valence-electron chi connectivity index (χ2n) is 10.5. The monoisotopic (exact) mass is 657 g/mol. The number of carbonyl (C=O) groups is 2. The lowest BCUT2D eigenvalue weighted by Gasteiger charge is -2.32. The van der Waals surface area contributed by atoms with Crippen LogP contribution in [0.15, 0.2) is 71.6 Å². The summed E-state index contributed by atoms with van der Waals surface area (Å²) in [6.07, 6.45) is -4.89. The van der Waals surface area contributed by atoms with Gasteiger partial charge in [-0.05, 0) is 67.8 Å². The molecule has 1 atom stereocenters. The van der Waals surface area contributed by atoms with Crippen molar-refractivity contribution in [1.82, 2.24) is 10.2 Å². The van der Waals surface area contributed by atoms with Crippen LogP contribution in [0.4, 0.5) is 18.9 Å². The second-order valence-corrected chi connectivity index (χ2v) is 13.2. The van der Waals surface area contributed by atoms with Crippen molar-refractivity contribution in [3.05, 3.63) is 93.5 Å². The van der Waals surface area contributed by atoms with Gasteiger partial charge in [0.2, 0.25) is 11.8 Å². The van der Waals surface area contributed by atoms with Crippen LogP contribution in [-0.2, 0) is 32.3 Å². The minimum Gasteiger partial charge on any atom is -0.354 e. The minimum atomic E-state index is -4.89. The molecule has 0 aliphatic rings. The summed E-state index contributed by atoms with van der Waals surface area (Å²) in [4.78, 5) is 27.9. The SMILES string of the molecule is Cc1ccc(S(=O)(=O)N(CC(=O)N(Cc2cccc(Cl)c2)[C@@H](C)C(=O)NCC(C)C)c2ccc(Cl)c(C(F)(F)F)c2)cc1. The van der Waals surface area contributed by atoms with E-state index in [2.05, 4.69) is 5.32 Å². The summed E-state index contributed by atoms with van der Waals surface area (Å²) in [7, 11) is -4.57. The molecule has 0 spiro atoms. The Hall–Kier alpha value is -3.28. The Morgan fingerprint density at radius 2 is 1.60 bits per heavy atom. The van der Waals surface area contributed by atoms with Gasteiger partial charge in [-0.1, -0.05) is 66.9 Å². The van der Waals surface area contributed by atoms with Gasteiger partial charge in [0.05, 0.1) is 21.2 Å². The fraction of sp³-hybridized carbons (Fsp3) is 0.333. The number of anilines is 1. The van der Waals surface area contributed by atoms with E-state index in [1.165, 1.54) is 36.1 Å². The zero-order valence-electron chi connectivity index (χ0n) is 24.0. The Bertz CT molecular complexity index is 1570. The predicted molar refractivity (Wildman–Crippen MR) is 161 cm³/mol. The van der Waals surface area contributed by atoms with E-state index in [1.807, 2.05) is 13.8 Å². The lowest BCUT2D eigenvalue weighted by atomic mass is 10.1. The molecule has 0 bridgehead atoms. The molecule has 43 heavy (non-hydrogen) atoms. The van der Waals surface area contributed by atoms with Gasteiger partial charge in [-0.2, -0.15) is 13.2 Å². The fourth-order valence-electron chi connectivity index (χ4n) is 4.12. The molecule has 232 valence electrons. The molecule has 0 heterocycles. The predicted octanol–water partition coefficient (Wildman–Crippen LogP) is 6.71. The number of amides is 2. The lowest BCUT2D eigenvalue weighted by Crippen LogP contribution is -2.51. The van der Waals surface area contributed by atoms with Gasteiger partial charge < -0.3 is 10.2 Å². The van der Waals surface area contributed by atoms with E-state index in [0.717, 1.165) is 17.7 Å². The average Bonchev–Trinajstić information content (AvgIpc) is 2.92. The molecule has 3 rings (SSSR count). The number of benzene rings is 3. The van der Waals surface area contributed by atoms with Crippen molar-refractivity contribution in [1.29, 1.82) is 0 Å². The highest BCUT2D eigenvalue weighted by Gasteiger charge is 2.37. The Labute approximate surface area is 259 Å². The Morgan fingerprint density at radius 3 is 2.19 bits per heavy atom. The quantitative estimate of drug-likeness (QED) is 0.248. The highest BCUT2D eigenvalue weighted by atomic mass is 35.5. The summed E-state index contributed by atoms with van der Waals surface area (Å²) in [5.74, 6) is -1.19. The number of carbonyl (C=O) groups excluding carboxylic acids is 2. The number of hydrogen-bond acceptors (Lipinski definition) is 4. The largest absolute Gasteiger partial charge is 0.417 e. The molecular formula is C30H32Cl2F3N3O4S. The average molecular weight is 659 g/mol. The van der Waals surface area contributed by atoms with Crippen LogP contribution in [0.1, 0.15) is 37.5 Å². The van der Waals surface area contributed by atoms with Gasteiger partial charge >= 0.3 is 6.18 Å². The Kier molecular flexibility index (Phi) is 11.1. The van der Waals surface area contributed by atoms with E-state index >= 15 is 0 Å². The molecule has 0 unspecified atom stereocenters. The number of rotatable bonds is 11. The third-order valence-electron chi connectivity index (χ3n) is 6.52. The first-order valence-corrected chi connectivity index (χ1v) is 15.5. The fourth-order valence-corrected chi connectivity index (χ4v) is 5.96. The number of nitrogens with one attached hydrogen (secondary N) is 1. The van der Waals surface area contributed by atoms with Crippen molar-refractivity contribution in [2.45, 2.75) is 51.4 Å². The van der Waals surface area contributed by atoms with Crippen molar-refractivity contribution >= 4 is 50.7 Å². The van der Waals surface area contributed by atoms with Gasteiger partial charge in [0, 0.05) is 18.1 Å². The summed E-state index contributed by atoms with van der Waals surface area (Å²) >= 11 is 11.9. The molecule has 0 aliphatic heterocycles. The highest BCUT2D eigenvalue weighted by molar-refractivity contribution is 7.92. The Balaban J connectivity index is 2.11. The summed E-state index contributed by atoms with van der Waals surface area (Å²) in [5.41, 5.74) is -0.379. The van der Waals surface area contributed by atoms with Crippen LogP contribution in [0.5, 0.6) is 0 Å². The molecule has 3 aromatic rings. The minimum absolute atomic E-state index is 0.121. The molecular weight excluding hydrogens is 626 g/mol. The number of nitrogens with zero attached hydrogens (tertiary/aromatic N) is 2. The maximum Gasteiger partial charge on any atom is 0.417 e. The van der Waals surface area contributed by atoms with Gasteiger partial charge in [0.25, 0.3) is 10.0 Å². The van der Waals surface area contributed by atoms with Crippen LogP contribution in [0.2, 0.25) is 10.0 Å². The first-order valence-electron chi connectivity index (χ1n) is 13.3. The van der Waals surface area contributed by atoms with E-state index < -0.39 is 56.9 Å². The summed E-state index contributed by atoms with van der Waals surface area (Å²) in [6, 6.07) is 13.8. The standard InChI is InChI=1S/C30H32Cl2F3N3O4S/c1-19(2)16-36-29(40)21(4)37(17-22-6-5-7-23(31)14-22)28(39)18-38(43(41,42)25-11-8-20(3)9-12-25)24-10-13-27(32)26(15-24)30(33,34)35/h5-15,19,21H,16-18H2,1-4H3,(H,36,40)/t21-/m0/s1. The van der Waals surface area contributed by atoms with Crippen molar-refractivity contribution in [2.24, 2.45) is 5.92 Å². The smallest absolute Gasteiger partial charge is 0.354 e. The van der Waals surface area contributed by atoms with Crippen LogP contribution in [0.25, 0.3) is 0 Å². The lowest BCUT2D eigenvalue weighted by molar-refractivity contribution is -0.139. The molecule has 1 N–H and O–H groups in total. The number of sulfonamides is 1. The van der Waals surface area contributed by atoms with Gasteiger partial charge in [0.1, 0.15) is 12.6 Å². The van der Waals surface area contributed by atoms with E-state index in [9.17, 15) is 31.2 Å². The van der Waals surface area contributed by atoms with Crippen LogP contribution < -0.4 is 9.62 Å². The molecule has 13 heteroatoms. The number of alkyl halides is 3. The molecule has 0 fully saturated rings. The van der Waals surface area contributed by atoms with Gasteiger partial charge in [-0.3, -0.25) is 13.9 Å².